The Hall–Kier alpha value is -3.71. The molecule has 0 amide bonds. The monoisotopic (exact) mass is 472 g/mol. The van der Waals surface area contributed by atoms with E-state index in [2.05, 4.69) is 39.4 Å². The van der Waals surface area contributed by atoms with Gasteiger partial charge in [-0.2, -0.15) is 4.98 Å². The Kier molecular flexibility index (Phi) is 9.80. The van der Waals surface area contributed by atoms with Gasteiger partial charge in [0.2, 0.25) is 5.95 Å². The molecular formula is C28H36N6O. The molecule has 184 valence electrons. The van der Waals surface area contributed by atoms with Crippen molar-refractivity contribution in [3.8, 4) is 17.0 Å². The molecule has 1 aliphatic carbocycles. The lowest BCUT2D eigenvalue weighted by atomic mass is 10.1. The zero-order valence-electron chi connectivity index (χ0n) is 21.1. The van der Waals surface area contributed by atoms with Crippen LogP contribution in [0.2, 0.25) is 0 Å². The number of nitrogen functional groups attached to an aromatic ring is 1. The van der Waals surface area contributed by atoms with Gasteiger partial charge in [-0.25, -0.2) is 4.98 Å². The van der Waals surface area contributed by atoms with Gasteiger partial charge in [0, 0.05) is 48.6 Å². The van der Waals surface area contributed by atoms with Crippen LogP contribution in [0.5, 0.6) is 5.75 Å². The standard InChI is InChI=1S/C26H30N6O.C2H6/c1-18(2)29-17-21-15-23(13-14-28-21)33-22-10-6-9-20(11-12-22)30-25-16-24(31-26(27)32-25)19-7-4-3-5-8-19;1-2/h3-5,7-8,11-16,18,29H,6,9-10,17H2,1-2H3,(H3,27,30,31,32);1-2H3. The Morgan fingerprint density at radius 3 is 2.57 bits per heavy atom. The van der Waals surface area contributed by atoms with Gasteiger partial charge in [-0.3, -0.25) is 4.98 Å². The van der Waals surface area contributed by atoms with Crippen LogP contribution in [0.25, 0.3) is 11.3 Å². The van der Waals surface area contributed by atoms with E-state index < -0.39 is 0 Å². The fourth-order valence-corrected chi connectivity index (χ4v) is 3.53. The van der Waals surface area contributed by atoms with Crippen molar-refractivity contribution in [2.45, 2.75) is 59.5 Å². The zero-order valence-corrected chi connectivity index (χ0v) is 21.1. The number of pyridine rings is 1. The second-order valence-corrected chi connectivity index (χ2v) is 8.29. The van der Waals surface area contributed by atoms with Gasteiger partial charge in [-0.15, -0.1) is 0 Å². The summed E-state index contributed by atoms with van der Waals surface area (Å²) in [5.74, 6) is 2.65. The van der Waals surface area contributed by atoms with E-state index in [9.17, 15) is 0 Å². The summed E-state index contributed by atoms with van der Waals surface area (Å²) < 4.78 is 6.15. The second-order valence-electron chi connectivity index (χ2n) is 8.29. The lowest BCUT2D eigenvalue weighted by Gasteiger charge is -2.11. The first-order valence-corrected chi connectivity index (χ1v) is 12.3. The van der Waals surface area contributed by atoms with Crippen molar-refractivity contribution >= 4 is 11.8 Å². The number of benzene rings is 1. The van der Waals surface area contributed by atoms with E-state index in [1.807, 2.05) is 74.5 Å². The van der Waals surface area contributed by atoms with Crippen LogP contribution in [0.4, 0.5) is 11.8 Å². The summed E-state index contributed by atoms with van der Waals surface area (Å²) in [7, 11) is 0. The molecule has 1 aromatic carbocycles. The van der Waals surface area contributed by atoms with E-state index in [4.69, 9.17) is 10.5 Å². The lowest BCUT2D eigenvalue weighted by molar-refractivity contribution is 0.399. The van der Waals surface area contributed by atoms with E-state index in [1.54, 1.807) is 6.20 Å². The minimum absolute atomic E-state index is 0.244. The van der Waals surface area contributed by atoms with Crippen molar-refractivity contribution in [1.29, 1.82) is 0 Å². The summed E-state index contributed by atoms with van der Waals surface area (Å²) in [4.78, 5) is 13.1. The normalized spacial score (nSPS) is 13.2. The highest BCUT2D eigenvalue weighted by atomic mass is 16.5. The molecule has 3 aromatic rings. The van der Waals surface area contributed by atoms with Crippen molar-refractivity contribution in [3.05, 3.63) is 84.0 Å². The number of nitrogens with one attached hydrogen (secondary N) is 2. The molecule has 35 heavy (non-hydrogen) atoms. The molecule has 0 bridgehead atoms. The van der Waals surface area contributed by atoms with Gasteiger partial charge in [-0.05, 0) is 31.1 Å². The van der Waals surface area contributed by atoms with Crippen LogP contribution in [0.1, 0.15) is 52.7 Å². The van der Waals surface area contributed by atoms with Crippen LogP contribution in [0.15, 0.2) is 78.3 Å². The Labute approximate surface area is 208 Å². The molecule has 7 nitrogen and oxygen atoms in total. The third-order valence-corrected chi connectivity index (χ3v) is 5.17. The molecule has 1 aliphatic rings. The SMILES string of the molecule is CC.CC(C)NCc1cc(OC2=CC=C(Nc3cc(-c4ccccc4)nc(N)n3)CCC2)ccn1. The second kappa shape index (κ2) is 13.2. The number of allylic oxidation sites excluding steroid dienone is 4. The van der Waals surface area contributed by atoms with Crippen molar-refractivity contribution in [3.63, 3.8) is 0 Å². The quantitative estimate of drug-likeness (QED) is 0.365. The third-order valence-electron chi connectivity index (χ3n) is 5.17. The van der Waals surface area contributed by atoms with E-state index in [0.717, 1.165) is 60.0 Å². The van der Waals surface area contributed by atoms with E-state index in [1.165, 1.54) is 0 Å². The largest absolute Gasteiger partial charge is 0.462 e. The van der Waals surface area contributed by atoms with E-state index in [-0.39, 0.29) is 5.95 Å². The summed E-state index contributed by atoms with van der Waals surface area (Å²) >= 11 is 0. The number of hydrogen-bond donors (Lipinski definition) is 3. The number of aromatic nitrogens is 3. The van der Waals surface area contributed by atoms with Gasteiger partial charge in [0.25, 0.3) is 0 Å². The molecule has 2 aromatic heterocycles. The molecule has 2 heterocycles. The number of rotatable bonds is 8. The molecule has 0 atom stereocenters. The molecule has 0 spiro atoms. The molecular weight excluding hydrogens is 436 g/mol. The van der Waals surface area contributed by atoms with Gasteiger partial charge < -0.3 is 21.1 Å². The van der Waals surface area contributed by atoms with Gasteiger partial charge in [-0.1, -0.05) is 58.0 Å². The summed E-state index contributed by atoms with van der Waals surface area (Å²) in [5, 5.41) is 6.78. The van der Waals surface area contributed by atoms with Crippen LogP contribution < -0.4 is 21.1 Å². The predicted molar refractivity (Wildman–Crippen MR) is 144 cm³/mol. The van der Waals surface area contributed by atoms with Crippen LogP contribution in [-0.4, -0.2) is 21.0 Å². The highest BCUT2D eigenvalue weighted by Crippen LogP contribution is 2.25. The van der Waals surface area contributed by atoms with E-state index in [0.29, 0.717) is 11.9 Å². The molecule has 0 fully saturated rings. The maximum absolute atomic E-state index is 6.15. The highest BCUT2D eigenvalue weighted by molar-refractivity contribution is 5.64. The molecule has 4 N–H and O–H groups in total. The minimum Gasteiger partial charge on any atom is -0.462 e. The van der Waals surface area contributed by atoms with Gasteiger partial charge in [0.05, 0.1) is 11.4 Å². The Balaban J connectivity index is 0.00000167. The number of anilines is 2. The smallest absolute Gasteiger partial charge is 0.222 e. The van der Waals surface area contributed by atoms with Gasteiger partial charge >= 0.3 is 0 Å². The molecule has 4 rings (SSSR count). The maximum Gasteiger partial charge on any atom is 0.222 e. The van der Waals surface area contributed by atoms with Gasteiger partial charge in [0.1, 0.15) is 17.3 Å². The predicted octanol–water partition coefficient (Wildman–Crippen LogP) is 6.09. The molecule has 7 heteroatoms. The van der Waals surface area contributed by atoms with Crippen molar-refractivity contribution < 1.29 is 4.74 Å². The molecule has 0 aliphatic heterocycles. The van der Waals surface area contributed by atoms with Crippen molar-refractivity contribution in [2.24, 2.45) is 0 Å². The van der Waals surface area contributed by atoms with Crippen LogP contribution in [0, 0.1) is 0 Å². The summed E-state index contributed by atoms with van der Waals surface area (Å²) in [6, 6.07) is 16.2. The fraction of sp³-hybridized carbons (Fsp3) is 0.321. The molecule has 0 unspecified atom stereocenters. The first kappa shape index (κ1) is 25.9. The number of ether oxygens (including phenoxy) is 1. The minimum atomic E-state index is 0.244. The number of hydrogen-bond acceptors (Lipinski definition) is 7. The highest BCUT2D eigenvalue weighted by Gasteiger charge is 2.10. The lowest BCUT2D eigenvalue weighted by Crippen LogP contribution is -2.22. The molecule has 0 saturated heterocycles. The van der Waals surface area contributed by atoms with E-state index >= 15 is 0 Å². The first-order chi connectivity index (χ1) is 17.0. The number of nitrogens with two attached hydrogens (primary N) is 1. The first-order valence-electron chi connectivity index (χ1n) is 12.3. The average Bonchev–Trinajstić information content (AvgIpc) is 3.09. The molecule has 0 radical (unpaired) electrons. The Morgan fingerprint density at radius 2 is 1.80 bits per heavy atom. The van der Waals surface area contributed by atoms with Gasteiger partial charge in [0.15, 0.2) is 0 Å². The average molecular weight is 473 g/mol. The third kappa shape index (κ3) is 8.22. The fourth-order valence-electron chi connectivity index (χ4n) is 3.53. The Morgan fingerprint density at radius 1 is 1.00 bits per heavy atom. The van der Waals surface area contributed by atoms with Crippen LogP contribution in [0.3, 0.4) is 0 Å². The summed E-state index contributed by atoms with van der Waals surface area (Å²) in [5.41, 5.74) is 9.78. The van der Waals surface area contributed by atoms with Crippen molar-refractivity contribution in [2.75, 3.05) is 11.1 Å². The molecule has 0 saturated carbocycles. The van der Waals surface area contributed by atoms with Crippen LogP contribution in [-0.2, 0) is 6.54 Å². The Bertz CT molecular complexity index is 1140. The summed E-state index contributed by atoms with van der Waals surface area (Å²) in [6.45, 7) is 8.95. The summed E-state index contributed by atoms with van der Waals surface area (Å²) in [6.07, 6.45) is 8.55. The zero-order chi connectivity index (χ0) is 25.0. The number of nitrogens with zero attached hydrogens (tertiary/aromatic N) is 3. The van der Waals surface area contributed by atoms with Crippen LogP contribution >= 0.6 is 0 Å². The van der Waals surface area contributed by atoms with Crippen molar-refractivity contribution in [1.82, 2.24) is 20.3 Å². The topological polar surface area (TPSA) is 98.0 Å². The maximum atomic E-state index is 6.15.